The van der Waals surface area contributed by atoms with E-state index in [2.05, 4.69) is 64.9 Å². The smallest absolute Gasteiger partial charge is 0.120 e. The maximum Gasteiger partial charge on any atom is 0.120 e. The van der Waals surface area contributed by atoms with Gasteiger partial charge in [0, 0.05) is 29.9 Å². The van der Waals surface area contributed by atoms with Crippen LogP contribution in [0, 0.1) is 0 Å². The molecule has 1 aliphatic rings. The number of nitrogens with one attached hydrogen (secondary N) is 1. The molecule has 1 saturated heterocycles. The predicted octanol–water partition coefficient (Wildman–Crippen LogP) is 4.80. The van der Waals surface area contributed by atoms with E-state index in [0.717, 1.165) is 36.2 Å². The Labute approximate surface area is 152 Å². The summed E-state index contributed by atoms with van der Waals surface area (Å²) in [4.78, 5) is 4.45. The lowest BCUT2D eigenvalue weighted by molar-refractivity contribution is 0.223. The molecule has 0 saturated carbocycles. The minimum atomic E-state index is 0.262. The molecule has 128 valence electrons. The van der Waals surface area contributed by atoms with E-state index in [-0.39, 0.29) is 6.10 Å². The lowest BCUT2D eigenvalue weighted by Crippen LogP contribution is -2.19. The molecule has 0 bridgehead atoms. The second-order valence-electron chi connectivity index (χ2n) is 6.86. The Morgan fingerprint density at radius 3 is 2.65 bits per heavy atom. The fourth-order valence-corrected chi connectivity index (χ4v) is 3.72. The summed E-state index contributed by atoms with van der Waals surface area (Å²) < 4.78 is 6.16. The van der Waals surface area contributed by atoms with E-state index < -0.39 is 0 Å². The van der Waals surface area contributed by atoms with Gasteiger partial charge in [0.15, 0.2) is 0 Å². The molecule has 1 fully saturated rings. The molecular weight excluding hydrogens is 320 g/mol. The highest BCUT2D eigenvalue weighted by Crippen LogP contribution is 2.32. The van der Waals surface area contributed by atoms with Crippen LogP contribution < -0.4 is 10.1 Å². The number of benzene rings is 3. The SMILES string of the molecule is c1ccc2cc(-c3cncc4ccc(O[C@H]5CCNC5)cc34)ccc2c1. The van der Waals surface area contributed by atoms with Crippen molar-refractivity contribution in [3.05, 3.63) is 73.1 Å². The van der Waals surface area contributed by atoms with Crippen LogP contribution in [0.5, 0.6) is 5.75 Å². The van der Waals surface area contributed by atoms with E-state index in [9.17, 15) is 0 Å². The Morgan fingerprint density at radius 1 is 0.885 bits per heavy atom. The molecule has 1 aromatic heterocycles. The molecule has 0 spiro atoms. The number of pyridine rings is 1. The number of rotatable bonds is 3. The van der Waals surface area contributed by atoms with Crippen LogP contribution in [0.25, 0.3) is 32.7 Å². The van der Waals surface area contributed by atoms with Gasteiger partial charge in [0.1, 0.15) is 11.9 Å². The molecule has 26 heavy (non-hydrogen) atoms. The standard InChI is InChI=1S/C23H20N2O/c1-2-4-17-11-18(6-5-16(17)3-1)23-15-25-13-19-7-8-20(12-22(19)23)26-21-9-10-24-14-21/h1-8,11-13,15,21,24H,9-10,14H2/t21-/m0/s1. The summed E-state index contributed by atoms with van der Waals surface area (Å²) in [6.07, 6.45) is 5.19. The molecule has 1 atom stereocenters. The van der Waals surface area contributed by atoms with Crippen molar-refractivity contribution < 1.29 is 4.74 Å². The van der Waals surface area contributed by atoms with Crippen LogP contribution in [0.1, 0.15) is 6.42 Å². The first kappa shape index (κ1) is 15.4. The molecule has 0 radical (unpaired) electrons. The Bertz CT molecular complexity index is 1080. The maximum atomic E-state index is 6.16. The summed E-state index contributed by atoms with van der Waals surface area (Å²) in [6, 6.07) is 21.3. The largest absolute Gasteiger partial charge is 0.489 e. The Kier molecular flexibility index (Phi) is 3.80. The lowest BCUT2D eigenvalue weighted by Gasteiger charge is -2.14. The number of aromatic nitrogens is 1. The molecule has 1 aliphatic heterocycles. The van der Waals surface area contributed by atoms with E-state index in [1.807, 2.05) is 18.5 Å². The van der Waals surface area contributed by atoms with Crippen LogP contribution in [0.3, 0.4) is 0 Å². The zero-order valence-electron chi connectivity index (χ0n) is 14.5. The molecule has 1 N–H and O–H groups in total. The average Bonchev–Trinajstić information content (AvgIpc) is 3.20. The van der Waals surface area contributed by atoms with Gasteiger partial charge < -0.3 is 10.1 Å². The highest BCUT2D eigenvalue weighted by molar-refractivity contribution is 5.98. The molecule has 3 heteroatoms. The number of fused-ring (bicyclic) bond motifs is 2. The first-order chi connectivity index (χ1) is 12.9. The lowest BCUT2D eigenvalue weighted by atomic mass is 9.98. The zero-order valence-corrected chi connectivity index (χ0v) is 14.5. The first-order valence-electron chi connectivity index (χ1n) is 9.11. The van der Waals surface area contributed by atoms with Crippen LogP contribution in [-0.2, 0) is 0 Å². The normalized spacial score (nSPS) is 17.0. The molecule has 0 unspecified atom stereocenters. The van der Waals surface area contributed by atoms with Crippen molar-refractivity contribution in [1.29, 1.82) is 0 Å². The summed E-state index contributed by atoms with van der Waals surface area (Å²) in [5.41, 5.74) is 2.32. The number of ether oxygens (including phenoxy) is 1. The third-order valence-corrected chi connectivity index (χ3v) is 5.11. The summed E-state index contributed by atoms with van der Waals surface area (Å²) >= 11 is 0. The zero-order chi connectivity index (χ0) is 17.3. The molecule has 2 heterocycles. The van der Waals surface area contributed by atoms with Gasteiger partial charge in [0.05, 0.1) is 0 Å². The fraction of sp³-hybridized carbons (Fsp3) is 0.174. The number of hydrogen-bond donors (Lipinski definition) is 1. The Hall–Kier alpha value is -2.91. The van der Waals surface area contributed by atoms with Crippen LogP contribution in [0.4, 0.5) is 0 Å². The van der Waals surface area contributed by atoms with Crippen molar-refractivity contribution >= 4 is 21.5 Å². The van der Waals surface area contributed by atoms with Crippen molar-refractivity contribution in [3.63, 3.8) is 0 Å². The van der Waals surface area contributed by atoms with Crippen LogP contribution in [0.15, 0.2) is 73.1 Å². The van der Waals surface area contributed by atoms with E-state index in [1.54, 1.807) is 0 Å². The van der Waals surface area contributed by atoms with Crippen molar-refractivity contribution in [2.45, 2.75) is 12.5 Å². The minimum absolute atomic E-state index is 0.262. The van der Waals surface area contributed by atoms with Crippen LogP contribution >= 0.6 is 0 Å². The predicted molar refractivity (Wildman–Crippen MR) is 107 cm³/mol. The van der Waals surface area contributed by atoms with Crippen molar-refractivity contribution in [3.8, 4) is 16.9 Å². The van der Waals surface area contributed by atoms with Gasteiger partial charge in [-0.3, -0.25) is 4.98 Å². The van der Waals surface area contributed by atoms with Gasteiger partial charge in [-0.2, -0.15) is 0 Å². The second-order valence-corrected chi connectivity index (χ2v) is 6.86. The van der Waals surface area contributed by atoms with Gasteiger partial charge in [-0.1, -0.05) is 36.4 Å². The van der Waals surface area contributed by atoms with Gasteiger partial charge in [-0.05, 0) is 59.0 Å². The van der Waals surface area contributed by atoms with Gasteiger partial charge in [0.2, 0.25) is 0 Å². The summed E-state index contributed by atoms with van der Waals surface area (Å²) in [5.74, 6) is 0.930. The van der Waals surface area contributed by atoms with E-state index in [0.29, 0.717) is 0 Å². The molecule has 3 nitrogen and oxygen atoms in total. The van der Waals surface area contributed by atoms with Crippen molar-refractivity contribution in [1.82, 2.24) is 10.3 Å². The van der Waals surface area contributed by atoms with Crippen LogP contribution in [0.2, 0.25) is 0 Å². The van der Waals surface area contributed by atoms with Gasteiger partial charge >= 0.3 is 0 Å². The monoisotopic (exact) mass is 340 g/mol. The van der Waals surface area contributed by atoms with Gasteiger partial charge in [-0.15, -0.1) is 0 Å². The number of nitrogens with zero attached hydrogens (tertiary/aromatic N) is 1. The maximum absolute atomic E-state index is 6.16. The highest BCUT2D eigenvalue weighted by atomic mass is 16.5. The van der Waals surface area contributed by atoms with Crippen LogP contribution in [-0.4, -0.2) is 24.2 Å². The summed E-state index contributed by atoms with van der Waals surface area (Å²) in [6.45, 7) is 1.95. The molecule has 4 aromatic rings. The highest BCUT2D eigenvalue weighted by Gasteiger charge is 2.16. The average molecular weight is 340 g/mol. The van der Waals surface area contributed by atoms with Gasteiger partial charge in [-0.25, -0.2) is 0 Å². The molecule has 3 aromatic carbocycles. The van der Waals surface area contributed by atoms with E-state index in [4.69, 9.17) is 4.74 Å². The van der Waals surface area contributed by atoms with Gasteiger partial charge in [0.25, 0.3) is 0 Å². The molecule has 5 rings (SSSR count). The minimum Gasteiger partial charge on any atom is -0.489 e. The van der Waals surface area contributed by atoms with Crippen molar-refractivity contribution in [2.75, 3.05) is 13.1 Å². The topological polar surface area (TPSA) is 34.1 Å². The van der Waals surface area contributed by atoms with Crippen molar-refractivity contribution in [2.24, 2.45) is 0 Å². The van der Waals surface area contributed by atoms with E-state index in [1.165, 1.54) is 21.7 Å². The van der Waals surface area contributed by atoms with E-state index >= 15 is 0 Å². The molecule has 0 aliphatic carbocycles. The fourth-order valence-electron chi connectivity index (χ4n) is 3.72. The first-order valence-corrected chi connectivity index (χ1v) is 9.11. The molecular formula is C23H20N2O. The third kappa shape index (κ3) is 2.80. The second kappa shape index (κ2) is 6.43. The third-order valence-electron chi connectivity index (χ3n) is 5.11. The Balaban J connectivity index is 1.61. The molecule has 0 amide bonds. The quantitative estimate of drug-likeness (QED) is 0.582. The number of hydrogen-bond acceptors (Lipinski definition) is 3. The summed E-state index contributed by atoms with van der Waals surface area (Å²) in [5, 5.41) is 8.15. The summed E-state index contributed by atoms with van der Waals surface area (Å²) in [7, 11) is 0. The Morgan fingerprint density at radius 2 is 1.77 bits per heavy atom.